The van der Waals surface area contributed by atoms with Crippen LogP contribution in [-0.2, 0) is 11.3 Å². The molecule has 2 aromatic rings. The Morgan fingerprint density at radius 3 is 2.61 bits per heavy atom. The summed E-state index contributed by atoms with van der Waals surface area (Å²) in [5.74, 6) is 0.304. The first-order valence-corrected chi connectivity index (χ1v) is 7.24. The average Bonchev–Trinajstić information content (AvgIpc) is 2.58. The molecule has 0 saturated carbocycles. The fourth-order valence-corrected chi connectivity index (χ4v) is 1.97. The summed E-state index contributed by atoms with van der Waals surface area (Å²) >= 11 is 0. The van der Waals surface area contributed by atoms with Gasteiger partial charge in [0.15, 0.2) is 6.61 Å². The van der Waals surface area contributed by atoms with Crippen molar-refractivity contribution in [2.24, 2.45) is 0 Å². The number of benzene rings is 2. The molecule has 1 N–H and O–H groups in total. The topological polar surface area (TPSA) is 65.4 Å². The highest BCUT2D eigenvalue weighted by Gasteiger charge is 2.04. The Morgan fingerprint density at radius 1 is 1.22 bits per heavy atom. The minimum absolute atomic E-state index is 0.0787. The second kappa shape index (κ2) is 7.85. The van der Waals surface area contributed by atoms with Crippen molar-refractivity contribution in [3.05, 3.63) is 59.7 Å². The van der Waals surface area contributed by atoms with Crippen LogP contribution >= 0.6 is 0 Å². The van der Waals surface area contributed by atoms with Gasteiger partial charge in [-0.15, -0.1) is 0 Å². The maximum Gasteiger partial charge on any atom is 0.258 e. The fraction of sp³-hybridized carbons (Fsp3) is 0.222. The summed E-state index contributed by atoms with van der Waals surface area (Å²) in [5.41, 5.74) is 2.64. The number of carbonyl (C=O) groups is 1. The van der Waals surface area contributed by atoms with Crippen LogP contribution in [0.2, 0.25) is 0 Å². The molecule has 2 rings (SSSR count). The van der Waals surface area contributed by atoms with Crippen molar-refractivity contribution in [2.45, 2.75) is 6.54 Å². The van der Waals surface area contributed by atoms with Crippen LogP contribution in [0.5, 0.6) is 5.75 Å². The van der Waals surface area contributed by atoms with E-state index in [2.05, 4.69) is 5.32 Å². The summed E-state index contributed by atoms with van der Waals surface area (Å²) in [5, 5.41) is 11.6. The van der Waals surface area contributed by atoms with Crippen LogP contribution in [0.1, 0.15) is 11.1 Å². The molecule has 0 aromatic heterocycles. The minimum Gasteiger partial charge on any atom is -0.484 e. The molecule has 5 nitrogen and oxygen atoms in total. The lowest BCUT2D eigenvalue weighted by atomic mass is 10.2. The van der Waals surface area contributed by atoms with Gasteiger partial charge in [-0.2, -0.15) is 5.26 Å². The van der Waals surface area contributed by atoms with Gasteiger partial charge in [0, 0.05) is 26.3 Å². The summed E-state index contributed by atoms with van der Waals surface area (Å²) in [6.07, 6.45) is 0. The van der Waals surface area contributed by atoms with Gasteiger partial charge in [0.2, 0.25) is 0 Å². The van der Waals surface area contributed by atoms with Gasteiger partial charge in [-0.1, -0.05) is 18.2 Å². The maximum absolute atomic E-state index is 11.8. The number of amides is 1. The van der Waals surface area contributed by atoms with Crippen molar-refractivity contribution in [1.29, 1.82) is 5.26 Å². The SMILES string of the molecule is CN(C)c1ccc(CNC(=O)COc2cccc(C#N)c2)cc1. The summed E-state index contributed by atoms with van der Waals surface area (Å²) in [4.78, 5) is 13.8. The van der Waals surface area contributed by atoms with Gasteiger partial charge in [-0.25, -0.2) is 0 Å². The van der Waals surface area contributed by atoms with Crippen molar-refractivity contribution < 1.29 is 9.53 Å². The van der Waals surface area contributed by atoms with E-state index >= 15 is 0 Å². The normalized spacial score (nSPS) is 9.78. The molecule has 0 aliphatic carbocycles. The standard InChI is InChI=1S/C18H19N3O2/c1-21(2)16-8-6-14(7-9-16)12-20-18(22)13-23-17-5-3-4-15(10-17)11-19/h3-10H,12-13H2,1-2H3,(H,20,22). The number of hydrogen-bond donors (Lipinski definition) is 1. The summed E-state index contributed by atoms with van der Waals surface area (Å²) < 4.78 is 5.38. The molecule has 0 bridgehead atoms. The first-order valence-electron chi connectivity index (χ1n) is 7.24. The van der Waals surface area contributed by atoms with E-state index in [1.807, 2.05) is 49.3 Å². The Morgan fingerprint density at radius 2 is 1.96 bits per heavy atom. The maximum atomic E-state index is 11.8. The Kier molecular flexibility index (Phi) is 5.59. The lowest BCUT2D eigenvalue weighted by Crippen LogP contribution is -2.28. The van der Waals surface area contributed by atoms with Crippen molar-refractivity contribution in [3.63, 3.8) is 0 Å². The van der Waals surface area contributed by atoms with Crippen molar-refractivity contribution >= 4 is 11.6 Å². The molecule has 0 unspecified atom stereocenters. The molecule has 0 radical (unpaired) electrons. The molecule has 0 spiro atoms. The van der Waals surface area contributed by atoms with E-state index in [4.69, 9.17) is 10.00 Å². The average molecular weight is 309 g/mol. The lowest BCUT2D eigenvalue weighted by Gasteiger charge is -2.13. The molecular formula is C18H19N3O2. The number of nitrogens with one attached hydrogen (secondary N) is 1. The van der Waals surface area contributed by atoms with Crippen molar-refractivity contribution in [1.82, 2.24) is 5.32 Å². The number of hydrogen-bond acceptors (Lipinski definition) is 4. The van der Waals surface area contributed by atoms with Crippen LogP contribution in [0.25, 0.3) is 0 Å². The zero-order valence-electron chi connectivity index (χ0n) is 13.2. The monoisotopic (exact) mass is 309 g/mol. The first-order chi connectivity index (χ1) is 11.1. The van der Waals surface area contributed by atoms with Crippen LogP contribution < -0.4 is 15.0 Å². The van der Waals surface area contributed by atoms with Crippen molar-refractivity contribution in [2.75, 3.05) is 25.6 Å². The number of ether oxygens (including phenoxy) is 1. The summed E-state index contributed by atoms with van der Waals surface area (Å²) in [7, 11) is 3.96. The molecule has 0 fully saturated rings. The number of carbonyl (C=O) groups excluding carboxylic acids is 1. The van der Waals surface area contributed by atoms with E-state index in [1.165, 1.54) is 0 Å². The molecular weight excluding hydrogens is 290 g/mol. The van der Waals surface area contributed by atoms with Gasteiger partial charge in [-0.05, 0) is 35.9 Å². The Hall–Kier alpha value is -3.00. The highest BCUT2D eigenvalue weighted by molar-refractivity contribution is 5.77. The largest absolute Gasteiger partial charge is 0.484 e. The van der Waals surface area contributed by atoms with Gasteiger partial charge >= 0.3 is 0 Å². The summed E-state index contributed by atoms with van der Waals surface area (Å²) in [6, 6.07) is 16.7. The molecule has 0 saturated heterocycles. The van der Waals surface area contributed by atoms with Crippen LogP contribution in [0, 0.1) is 11.3 Å². The molecule has 5 heteroatoms. The third-order valence-corrected chi connectivity index (χ3v) is 3.28. The van der Waals surface area contributed by atoms with Gasteiger partial charge < -0.3 is 15.0 Å². The number of rotatable bonds is 6. The predicted molar refractivity (Wildman–Crippen MR) is 89.3 cm³/mol. The Balaban J connectivity index is 1.79. The zero-order valence-corrected chi connectivity index (χ0v) is 13.2. The molecule has 1 amide bonds. The second-order valence-corrected chi connectivity index (χ2v) is 5.27. The van der Waals surface area contributed by atoms with Crippen molar-refractivity contribution in [3.8, 4) is 11.8 Å². The highest BCUT2D eigenvalue weighted by atomic mass is 16.5. The smallest absolute Gasteiger partial charge is 0.258 e. The Labute approximate surface area is 136 Å². The van der Waals surface area contributed by atoms with E-state index in [1.54, 1.807) is 24.3 Å². The van der Waals surface area contributed by atoms with Crippen LogP contribution in [-0.4, -0.2) is 26.6 Å². The molecule has 23 heavy (non-hydrogen) atoms. The third-order valence-electron chi connectivity index (χ3n) is 3.28. The number of anilines is 1. The number of nitriles is 1. The molecule has 118 valence electrons. The van der Waals surface area contributed by atoms with Gasteiger partial charge in [0.25, 0.3) is 5.91 Å². The third kappa shape index (κ3) is 5.04. The van der Waals surface area contributed by atoms with Gasteiger partial charge in [0.1, 0.15) is 5.75 Å². The number of nitrogens with zero attached hydrogens (tertiary/aromatic N) is 2. The van der Waals surface area contributed by atoms with Crippen LogP contribution in [0.3, 0.4) is 0 Å². The van der Waals surface area contributed by atoms with Crippen LogP contribution in [0.15, 0.2) is 48.5 Å². The van der Waals surface area contributed by atoms with E-state index < -0.39 is 0 Å². The lowest BCUT2D eigenvalue weighted by molar-refractivity contribution is -0.123. The van der Waals surface area contributed by atoms with E-state index in [0.29, 0.717) is 17.9 Å². The molecule has 0 atom stereocenters. The fourth-order valence-electron chi connectivity index (χ4n) is 1.97. The predicted octanol–water partition coefficient (Wildman–Crippen LogP) is 2.32. The quantitative estimate of drug-likeness (QED) is 0.889. The van der Waals surface area contributed by atoms with E-state index in [9.17, 15) is 4.79 Å². The van der Waals surface area contributed by atoms with Gasteiger partial charge in [0.05, 0.1) is 11.6 Å². The van der Waals surface area contributed by atoms with Gasteiger partial charge in [-0.3, -0.25) is 4.79 Å². The first kappa shape index (κ1) is 16.4. The minimum atomic E-state index is -0.205. The molecule has 0 aliphatic heterocycles. The highest BCUT2D eigenvalue weighted by Crippen LogP contribution is 2.13. The molecule has 0 heterocycles. The second-order valence-electron chi connectivity index (χ2n) is 5.27. The Bertz CT molecular complexity index is 703. The molecule has 0 aliphatic rings. The van der Waals surface area contributed by atoms with E-state index in [0.717, 1.165) is 11.3 Å². The summed E-state index contributed by atoms with van der Waals surface area (Å²) in [6.45, 7) is 0.374. The van der Waals surface area contributed by atoms with E-state index in [-0.39, 0.29) is 12.5 Å². The zero-order chi connectivity index (χ0) is 16.7. The van der Waals surface area contributed by atoms with Crippen LogP contribution in [0.4, 0.5) is 5.69 Å². The molecule has 2 aromatic carbocycles.